The highest BCUT2D eigenvalue weighted by Gasteiger charge is 2.23. The number of nitrogens with zero attached hydrogens (tertiary/aromatic N) is 2. The molecule has 2 aromatic rings. The SMILES string of the molecule is C[C@@H]1c2cccn2CCN1Cc1ccccc1Cl. The van der Waals surface area contributed by atoms with Crippen LogP contribution in [0.5, 0.6) is 0 Å². The van der Waals surface area contributed by atoms with Crippen LogP contribution < -0.4 is 0 Å². The van der Waals surface area contributed by atoms with Gasteiger partial charge in [0.1, 0.15) is 0 Å². The smallest absolute Gasteiger partial charge is 0.0476 e. The lowest BCUT2D eigenvalue weighted by atomic mass is 10.1. The number of hydrogen-bond donors (Lipinski definition) is 0. The van der Waals surface area contributed by atoms with Crippen LogP contribution in [0.3, 0.4) is 0 Å². The molecule has 0 radical (unpaired) electrons. The molecule has 1 aromatic carbocycles. The van der Waals surface area contributed by atoms with Crippen LogP contribution in [0.15, 0.2) is 42.6 Å². The second-order valence-corrected chi connectivity index (χ2v) is 5.27. The second kappa shape index (κ2) is 4.79. The topological polar surface area (TPSA) is 8.17 Å². The van der Waals surface area contributed by atoms with Crippen molar-refractivity contribution in [1.29, 1.82) is 0 Å². The van der Waals surface area contributed by atoms with Gasteiger partial charge in [0.25, 0.3) is 0 Å². The number of hydrogen-bond acceptors (Lipinski definition) is 1. The van der Waals surface area contributed by atoms with Gasteiger partial charge in [-0.25, -0.2) is 0 Å². The molecule has 18 heavy (non-hydrogen) atoms. The van der Waals surface area contributed by atoms with Crippen molar-refractivity contribution < 1.29 is 0 Å². The molecule has 0 saturated carbocycles. The lowest BCUT2D eigenvalue weighted by Crippen LogP contribution is -2.35. The Morgan fingerprint density at radius 2 is 2.00 bits per heavy atom. The molecule has 1 aliphatic rings. The van der Waals surface area contributed by atoms with Crippen molar-refractivity contribution in [3.8, 4) is 0 Å². The van der Waals surface area contributed by atoms with Gasteiger partial charge in [-0.15, -0.1) is 0 Å². The quantitative estimate of drug-likeness (QED) is 0.799. The van der Waals surface area contributed by atoms with Crippen LogP contribution in [0, 0.1) is 0 Å². The molecule has 0 spiro atoms. The van der Waals surface area contributed by atoms with E-state index in [1.165, 1.54) is 11.3 Å². The molecule has 0 fully saturated rings. The van der Waals surface area contributed by atoms with Crippen LogP contribution in [0.2, 0.25) is 5.02 Å². The summed E-state index contributed by atoms with van der Waals surface area (Å²) in [5.41, 5.74) is 2.61. The number of aromatic nitrogens is 1. The van der Waals surface area contributed by atoms with E-state index in [0.29, 0.717) is 6.04 Å². The van der Waals surface area contributed by atoms with E-state index in [9.17, 15) is 0 Å². The highest BCUT2D eigenvalue weighted by atomic mass is 35.5. The van der Waals surface area contributed by atoms with Gasteiger partial charge in [-0.05, 0) is 30.7 Å². The number of fused-ring (bicyclic) bond motifs is 1. The Balaban J connectivity index is 1.81. The van der Waals surface area contributed by atoms with Crippen molar-refractivity contribution in [3.05, 3.63) is 58.9 Å². The lowest BCUT2D eigenvalue weighted by molar-refractivity contribution is 0.161. The van der Waals surface area contributed by atoms with Gasteiger partial charge in [0.15, 0.2) is 0 Å². The van der Waals surface area contributed by atoms with Gasteiger partial charge >= 0.3 is 0 Å². The summed E-state index contributed by atoms with van der Waals surface area (Å²) in [5.74, 6) is 0. The van der Waals surface area contributed by atoms with Gasteiger partial charge in [-0.1, -0.05) is 29.8 Å². The molecular weight excluding hydrogens is 244 g/mol. The number of halogens is 1. The minimum absolute atomic E-state index is 0.449. The molecule has 0 bridgehead atoms. The van der Waals surface area contributed by atoms with Crippen LogP contribution in [0.25, 0.3) is 0 Å². The summed E-state index contributed by atoms with van der Waals surface area (Å²) in [6, 6.07) is 12.9. The third kappa shape index (κ3) is 2.06. The normalized spacial score (nSPS) is 19.8. The molecule has 1 atom stereocenters. The zero-order valence-corrected chi connectivity index (χ0v) is 11.3. The highest BCUT2D eigenvalue weighted by molar-refractivity contribution is 6.31. The van der Waals surface area contributed by atoms with E-state index in [4.69, 9.17) is 11.6 Å². The predicted molar refractivity (Wildman–Crippen MR) is 74.7 cm³/mol. The summed E-state index contributed by atoms with van der Waals surface area (Å²) < 4.78 is 2.34. The molecule has 1 aliphatic heterocycles. The van der Waals surface area contributed by atoms with Crippen molar-refractivity contribution in [2.45, 2.75) is 26.1 Å². The van der Waals surface area contributed by atoms with E-state index < -0.39 is 0 Å². The first-order chi connectivity index (χ1) is 8.75. The lowest BCUT2D eigenvalue weighted by Gasteiger charge is -2.35. The summed E-state index contributed by atoms with van der Waals surface area (Å²) >= 11 is 6.24. The Bertz CT molecular complexity index is 547. The molecule has 1 aromatic heterocycles. The van der Waals surface area contributed by atoms with Crippen molar-refractivity contribution in [3.63, 3.8) is 0 Å². The Morgan fingerprint density at radius 1 is 1.17 bits per heavy atom. The molecule has 2 nitrogen and oxygen atoms in total. The van der Waals surface area contributed by atoms with E-state index in [-0.39, 0.29) is 0 Å². The highest BCUT2D eigenvalue weighted by Crippen LogP contribution is 2.28. The molecule has 0 saturated heterocycles. The molecule has 0 unspecified atom stereocenters. The fourth-order valence-corrected chi connectivity index (χ4v) is 2.88. The Morgan fingerprint density at radius 3 is 2.83 bits per heavy atom. The molecule has 94 valence electrons. The zero-order chi connectivity index (χ0) is 12.5. The largest absolute Gasteiger partial charge is 0.349 e. The van der Waals surface area contributed by atoms with E-state index >= 15 is 0 Å². The van der Waals surface area contributed by atoms with Crippen molar-refractivity contribution in [2.24, 2.45) is 0 Å². The Kier molecular flexibility index (Phi) is 3.14. The standard InChI is InChI=1S/C15H17ClN2/c1-12-15-7-4-8-17(15)9-10-18(12)11-13-5-2-3-6-14(13)16/h2-8,12H,9-11H2,1H3/t12-/m1/s1. The van der Waals surface area contributed by atoms with Gasteiger partial charge in [-0.3, -0.25) is 4.90 Å². The van der Waals surface area contributed by atoms with Gasteiger partial charge < -0.3 is 4.57 Å². The first kappa shape index (κ1) is 11.8. The monoisotopic (exact) mass is 260 g/mol. The molecule has 2 heterocycles. The fourth-order valence-electron chi connectivity index (χ4n) is 2.69. The molecule has 0 amide bonds. The van der Waals surface area contributed by atoms with E-state index in [2.05, 4.69) is 46.9 Å². The van der Waals surface area contributed by atoms with Crippen molar-refractivity contribution in [1.82, 2.24) is 9.47 Å². The molecular formula is C15H17ClN2. The van der Waals surface area contributed by atoms with Gasteiger partial charge in [0.05, 0.1) is 0 Å². The Hall–Kier alpha value is -1.25. The van der Waals surface area contributed by atoms with Gasteiger partial charge in [-0.2, -0.15) is 0 Å². The summed E-state index contributed by atoms with van der Waals surface area (Å²) in [7, 11) is 0. The third-order valence-corrected chi connectivity index (χ3v) is 4.17. The first-order valence-corrected chi connectivity index (χ1v) is 6.76. The maximum absolute atomic E-state index is 6.24. The predicted octanol–water partition coefficient (Wildman–Crippen LogP) is 3.72. The van der Waals surface area contributed by atoms with Crippen molar-refractivity contribution >= 4 is 11.6 Å². The maximum Gasteiger partial charge on any atom is 0.0476 e. The number of rotatable bonds is 2. The second-order valence-electron chi connectivity index (χ2n) is 4.86. The first-order valence-electron chi connectivity index (χ1n) is 6.38. The minimum Gasteiger partial charge on any atom is -0.349 e. The van der Waals surface area contributed by atoms with Crippen LogP contribution >= 0.6 is 11.6 Å². The summed E-state index contributed by atoms with van der Waals surface area (Å²) in [5, 5.41) is 0.866. The van der Waals surface area contributed by atoms with Crippen molar-refractivity contribution in [2.75, 3.05) is 6.54 Å². The maximum atomic E-state index is 6.24. The number of benzene rings is 1. The zero-order valence-electron chi connectivity index (χ0n) is 10.5. The van der Waals surface area contributed by atoms with Crippen LogP contribution in [-0.2, 0) is 13.1 Å². The average molecular weight is 261 g/mol. The summed E-state index contributed by atoms with van der Waals surface area (Å²) in [4.78, 5) is 2.48. The van der Waals surface area contributed by atoms with E-state index in [1.807, 2.05) is 12.1 Å². The summed E-state index contributed by atoms with van der Waals surface area (Å²) in [6.45, 7) is 5.33. The van der Waals surface area contributed by atoms with E-state index in [1.54, 1.807) is 0 Å². The van der Waals surface area contributed by atoms with Gasteiger partial charge in [0.2, 0.25) is 0 Å². The fraction of sp³-hybridized carbons (Fsp3) is 0.333. The van der Waals surface area contributed by atoms with E-state index in [0.717, 1.165) is 24.7 Å². The van der Waals surface area contributed by atoms with Crippen LogP contribution in [-0.4, -0.2) is 16.0 Å². The van der Waals surface area contributed by atoms with Crippen LogP contribution in [0.4, 0.5) is 0 Å². The van der Waals surface area contributed by atoms with Gasteiger partial charge in [0, 0.05) is 42.6 Å². The minimum atomic E-state index is 0.449. The molecule has 3 heteroatoms. The molecule has 0 N–H and O–H groups in total. The third-order valence-electron chi connectivity index (χ3n) is 3.80. The Labute approximate surface area is 113 Å². The summed E-state index contributed by atoms with van der Waals surface area (Å²) in [6.07, 6.45) is 2.17. The molecule has 0 aliphatic carbocycles. The average Bonchev–Trinajstić information content (AvgIpc) is 2.84. The van der Waals surface area contributed by atoms with Crippen LogP contribution in [0.1, 0.15) is 24.2 Å². The molecule has 3 rings (SSSR count).